The Morgan fingerprint density at radius 2 is 2.22 bits per heavy atom. The number of pyridine rings is 1. The van der Waals surface area contributed by atoms with Gasteiger partial charge in [-0.1, -0.05) is 35.9 Å². The monoisotopic (exact) mass is 262 g/mol. The smallest absolute Gasteiger partial charge is 0.138 e. The minimum Gasteiger partial charge on any atom is -0.394 e. The van der Waals surface area contributed by atoms with Gasteiger partial charge in [0.05, 0.1) is 12.6 Å². The van der Waals surface area contributed by atoms with Crippen LogP contribution in [0, 0.1) is 0 Å². The summed E-state index contributed by atoms with van der Waals surface area (Å²) in [5.41, 5.74) is 0. The van der Waals surface area contributed by atoms with Crippen molar-refractivity contribution in [2.45, 2.75) is 18.9 Å². The molecule has 1 N–H and O–H groups in total. The SMILES string of the molecule is OCC1CCCN1c1nc(Cl)cc2ccccc12. The van der Waals surface area contributed by atoms with Crippen LogP contribution in [0.4, 0.5) is 5.82 Å². The van der Waals surface area contributed by atoms with Crippen LogP contribution in [0.2, 0.25) is 5.15 Å². The minimum atomic E-state index is 0.166. The Hall–Kier alpha value is -1.32. The zero-order valence-electron chi connectivity index (χ0n) is 10.0. The fourth-order valence-corrected chi connectivity index (χ4v) is 2.87. The van der Waals surface area contributed by atoms with Gasteiger partial charge in [-0.25, -0.2) is 4.98 Å². The zero-order chi connectivity index (χ0) is 12.5. The van der Waals surface area contributed by atoms with Crippen LogP contribution in [0.25, 0.3) is 10.8 Å². The number of aliphatic hydroxyl groups excluding tert-OH is 1. The van der Waals surface area contributed by atoms with Crippen molar-refractivity contribution < 1.29 is 5.11 Å². The molecule has 1 unspecified atom stereocenters. The van der Waals surface area contributed by atoms with Crippen LogP contribution in [0.5, 0.6) is 0 Å². The molecule has 2 aromatic rings. The van der Waals surface area contributed by atoms with Gasteiger partial charge in [-0.2, -0.15) is 0 Å². The molecule has 0 amide bonds. The summed E-state index contributed by atoms with van der Waals surface area (Å²) >= 11 is 6.09. The molecule has 0 radical (unpaired) electrons. The van der Waals surface area contributed by atoms with Gasteiger partial charge in [0, 0.05) is 11.9 Å². The molecular formula is C14H15ClN2O. The molecule has 1 fully saturated rings. The third-order valence-electron chi connectivity index (χ3n) is 3.55. The van der Waals surface area contributed by atoms with Gasteiger partial charge >= 0.3 is 0 Å². The molecule has 1 aromatic carbocycles. The first-order valence-electron chi connectivity index (χ1n) is 6.22. The number of aliphatic hydroxyl groups is 1. The summed E-state index contributed by atoms with van der Waals surface area (Å²) in [4.78, 5) is 6.64. The highest BCUT2D eigenvalue weighted by molar-refractivity contribution is 6.30. The Morgan fingerprint density at radius 3 is 3.06 bits per heavy atom. The van der Waals surface area contributed by atoms with E-state index in [4.69, 9.17) is 11.6 Å². The number of benzene rings is 1. The van der Waals surface area contributed by atoms with Crippen LogP contribution < -0.4 is 4.90 Å². The van der Waals surface area contributed by atoms with Gasteiger partial charge < -0.3 is 10.0 Å². The molecule has 0 saturated carbocycles. The summed E-state index contributed by atoms with van der Waals surface area (Å²) in [5, 5.41) is 12.1. The highest BCUT2D eigenvalue weighted by Gasteiger charge is 2.26. The van der Waals surface area contributed by atoms with Crippen LogP contribution in [0.3, 0.4) is 0 Å². The summed E-state index contributed by atoms with van der Waals surface area (Å²) in [7, 11) is 0. The van der Waals surface area contributed by atoms with Crippen LogP contribution in [-0.2, 0) is 0 Å². The van der Waals surface area contributed by atoms with Crippen molar-refractivity contribution >= 4 is 28.2 Å². The summed E-state index contributed by atoms with van der Waals surface area (Å²) in [6, 6.07) is 10.1. The van der Waals surface area contributed by atoms with Crippen LogP contribution in [0.1, 0.15) is 12.8 Å². The Balaban J connectivity index is 2.15. The second kappa shape index (κ2) is 4.75. The van der Waals surface area contributed by atoms with Gasteiger partial charge in [0.2, 0.25) is 0 Å². The molecule has 4 heteroatoms. The molecule has 0 bridgehead atoms. The maximum absolute atomic E-state index is 9.44. The van der Waals surface area contributed by atoms with E-state index in [0.29, 0.717) is 5.15 Å². The minimum absolute atomic E-state index is 0.166. The number of fused-ring (bicyclic) bond motifs is 1. The second-order valence-corrected chi connectivity index (χ2v) is 5.05. The van der Waals surface area contributed by atoms with Gasteiger partial charge in [-0.15, -0.1) is 0 Å². The number of rotatable bonds is 2. The van der Waals surface area contributed by atoms with E-state index in [-0.39, 0.29) is 12.6 Å². The van der Waals surface area contributed by atoms with Crippen LogP contribution in [-0.4, -0.2) is 29.3 Å². The molecule has 1 aliphatic rings. The molecular weight excluding hydrogens is 248 g/mol. The molecule has 1 atom stereocenters. The molecule has 94 valence electrons. The predicted octanol–water partition coefficient (Wildman–Crippen LogP) is 2.85. The van der Waals surface area contributed by atoms with Crippen LogP contribution in [0.15, 0.2) is 30.3 Å². The zero-order valence-corrected chi connectivity index (χ0v) is 10.8. The van der Waals surface area contributed by atoms with E-state index in [2.05, 4.69) is 16.0 Å². The lowest BCUT2D eigenvalue weighted by atomic mass is 10.1. The molecule has 3 nitrogen and oxygen atoms in total. The Kier molecular flexibility index (Phi) is 3.10. The van der Waals surface area contributed by atoms with Crippen molar-refractivity contribution in [3.63, 3.8) is 0 Å². The number of nitrogens with zero attached hydrogens (tertiary/aromatic N) is 2. The fraction of sp³-hybridized carbons (Fsp3) is 0.357. The number of anilines is 1. The molecule has 1 aliphatic heterocycles. The maximum Gasteiger partial charge on any atom is 0.138 e. The van der Waals surface area contributed by atoms with Crippen molar-refractivity contribution in [1.82, 2.24) is 4.98 Å². The number of hydrogen-bond acceptors (Lipinski definition) is 3. The van der Waals surface area contributed by atoms with Gasteiger partial charge in [0.15, 0.2) is 0 Å². The summed E-state index contributed by atoms with van der Waals surface area (Å²) in [6.45, 7) is 1.10. The summed E-state index contributed by atoms with van der Waals surface area (Å²) in [5.74, 6) is 0.898. The number of halogens is 1. The maximum atomic E-state index is 9.44. The van der Waals surface area contributed by atoms with Gasteiger partial charge in [0.25, 0.3) is 0 Å². The summed E-state index contributed by atoms with van der Waals surface area (Å²) < 4.78 is 0. The van der Waals surface area contributed by atoms with Crippen LogP contribution >= 0.6 is 11.6 Å². The number of aromatic nitrogens is 1. The van der Waals surface area contributed by atoms with Crippen molar-refractivity contribution in [3.05, 3.63) is 35.5 Å². The van der Waals surface area contributed by atoms with Gasteiger partial charge in [-0.3, -0.25) is 0 Å². The molecule has 0 spiro atoms. The van der Waals surface area contributed by atoms with E-state index < -0.39 is 0 Å². The Bertz CT molecular complexity index is 573. The molecule has 18 heavy (non-hydrogen) atoms. The molecule has 1 aromatic heterocycles. The van der Waals surface area contributed by atoms with Gasteiger partial charge in [-0.05, 0) is 24.3 Å². The normalized spacial score (nSPS) is 19.7. The number of hydrogen-bond donors (Lipinski definition) is 1. The lowest BCUT2D eigenvalue weighted by Gasteiger charge is -2.25. The lowest BCUT2D eigenvalue weighted by molar-refractivity contribution is 0.266. The third kappa shape index (κ3) is 1.93. The first kappa shape index (κ1) is 11.8. The predicted molar refractivity (Wildman–Crippen MR) is 74.2 cm³/mol. The third-order valence-corrected chi connectivity index (χ3v) is 3.74. The summed E-state index contributed by atoms with van der Waals surface area (Å²) in [6.07, 6.45) is 2.10. The van der Waals surface area contributed by atoms with E-state index in [0.717, 1.165) is 36.0 Å². The van der Waals surface area contributed by atoms with E-state index >= 15 is 0 Å². The van der Waals surface area contributed by atoms with E-state index in [9.17, 15) is 5.11 Å². The first-order valence-corrected chi connectivity index (χ1v) is 6.60. The second-order valence-electron chi connectivity index (χ2n) is 4.66. The molecule has 1 saturated heterocycles. The van der Waals surface area contributed by atoms with Gasteiger partial charge in [0.1, 0.15) is 11.0 Å². The average molecular weight is 263 g/mol. The van der Waals surface area contributed by atoms with Crippen molar-refractivity contribution in [1.29, 1.82) is 0 Å². The van der Waals surface area contributed by atoms with Crippen molar-refractivity contribution in [2.24, 2.45) is 0 Å². The van der Waals surface area contributed by atoms with E-state index in [1.54, 1.807) is 0 Å². The van der Waals surface area contributed by atoms with Crippen molar-refractivity contribution in [2.75, 3.05) is 18.1 Å². The largest absolute Gasteiger partial charge is 0.394 e. The Labute approximate surface area is 111 Å². The highest BCUT2D eigenvalue weighted by Crippen LogP contribution is 2.32. The van der Waals surface area contributed by atoms with Crippen molar-refractivity contribution in [3.8, 4) is 0 Å². The molecule has 0 aliphatic carbocycles. The molecule has 3 rings (SSSR count). The standard InChI is InChI=1S/C14H15ClN2O/c15-13-8-10-4-1-2-6-12(10)14(16-13)17-7-3-5-11(17)9-18/h1-2,4,6,8,11,18H,3,5,7,9H2. The molecule has 2 heterocycles. The van der Waals surface area contributed by atoms with E-state index in [1.807, 2.05) is 24.3 Å². The highest BCUT2D eigenvalue weighted by atomic mass is 35.5. The quantitative estimate of drug-likeness (QED) is 0.846. The topological polar surface area (TPSA) is 36.4 Å². The fourth-order valence-electron chi connectivity index (χ4n) is 2.67. The average Bonchev–Trinajstić information content (AvgIpc) is 2.85. The van der Waals surface area contributed by atoms with E-state index in [1.165, 1.54) is 0 Å². The first-order chi connectivity index (χ1) is 8.79. The Morgan fingerprint density at radius 1 is 1.39 bits per heavy atom. The lowest BCUT2D eigenvalue weighted by Crippen LogP contribution is -2.32.